The minimum absolute atomic E-state index is 0.183. The molecule has 1 aromatic carbocycles. The summed E-state index contributed by atoms with van der Waals surface area (Å²) in [5, 5.41) is 10.9. The number of carbonyl (C=O) groups excluding carboxylic acids is 2. The highest BCUT2D eigenvalue weighted by atomic mass is 19.4. The van der Waals surface area contributed by atoms with E-state index in [-0.39, 0.29) is 24.8 Å². The van der Waals surface area contributed by atoms with Crippen molar-refractivity contribution in [1.82, 2.24) is 5.32 Å². The molecule has 130 valence electrons. The first-order valence-corrected chi connectivity index (χ1v) is 7.18. The zero-order valence-electron chi connectivity index (χ0n) is 13.0. The van der Waals surface area contributed by atoms with Gasteiger partial charge in [0.15, 0.2) is 0 Å². The second kappa shape index (κ2) is 8.91. The van der Waals surface area contributed by atoms with Gasteiger partial charge in [0.05, 0.1) is 25.2 Å². The van der Waals surface area contributed by atoms with Gasteiger partial charge in [0, 0.05) is 6.42 Å². The number of alkyl halides is 3. The average molecular weight is 342 g/mol. The molecule has 0 spiro atoms. The third kappa shape index (κ3) is 6.28. The van der Waals surface area contributed by atoms with Crippen LogP contribution >= 0.6 is 0 Å². The number of esters is 1. The van der Waals surface area contributed by atoms with Crippen LogP contribution in [0.4, 0.5) is 13.2 Å². The fraction of sp³-hybridized carbons (Fsp3) is 0.438. The predicted octanol–water partition coefficient (Wildman–Crippen LogP) is 2.60. The van der Waals surface area contributed by atoms with Gasteiger partial charge in [-0.2, -0.15) is 18.4 Å². The summed E-state index contributed by atoms with van der Waals surface area (Å²) >= 11 is 0. The minimum atomic E-state index is -4.49. The normalized spacial score (nSPS) is 12.1. The summed E-state index contributed by atoms with van der Waals surface area (Å²) in [5.74, 6) is -1.26. The number of rotatable bonds is 7. The number of nitrogens with one attached hydrogen (secondary N) is 1. The fourth-order valence-corrected chi connectivity index (χ4v) is 2.06. The SMILES string of the molecule is COC(=O)[C@H](CCCC#N)NC(=O)Cc1cccc(C(F)(F)F)c1. The highest BCUT2D eigenvalue weighted by Crippen LogP contribution is 2.29. The molecule has 0 unspecified atom stereocenters. The Kier molecular flexibility index (Phi) is 7.24. The zero-order valence-corrected chi connectivity index (χ0v) is 13.0. The number of hydrogen-bond donors (Lipinski definition) is 1. The van der Waals surface area contributed by atoms with Crippen LogP contribution in [0.5, 0.6) is 0 Å². The van der Waals surface area contributed by atoms with Crippen molar-refractivity contribution in [2.45, 2.75) is 37.9 Å². The van der Waals surface area contributed by atoms with E-state index < -0.39 is 29.7 Å². The van der Waals surface area contributed by atoms with Gasteiger partial charge in [0.2, 0.25) is 5.91 Å². The van der Waals surface area contributed by atoms with Crippen LogP contribution in [0.2, 0.25) is 0 Å². The van der Waals surface area contributed by atoms with Crippen LogP contribution < -0.4 is 5.32 Å². The maximum absolute atomic E-state index is 12.7. The molecule has 0 fully saturated rings. The molecule has 1 amide bonds. The lowest BCUT2D eigenvalue weighted by molar-refractivity contribution is -0.145. The summed E-state index contributed by atoms with van der Waals surface area (Å²) < 4.78 is 42.5. The molecule has 0 aliphatic heterocycles. The molecule has 1 N–H and O–H groups in total. The molecule has 0 saturated carbocycles. The highest BCUT2D eigenvalue weighted by Gasteiger charge is 2.30. The molecule has 1 aromatic rings. The summed E-state index contributed by atoms with van der Waals surface area (Å²) in [6.07, 6.45) is -3.96. The third-order valence-electron chi connectivity index (χ3n) is 3.22. The number of amides is 1. The van der Waals surface area contributed by atoms with Gasteiger partial charge >= 0.3 is 12.1 Å². The van der Waals surface area contributed by atoms with Crippen molar-refractivity contribution in [1.29, 1.82) is 5.26 Å². The van der Waals surface area contributed by atoms with E-state index in [1.54, 1.807) is 0 Å². The van der Waals surface area contributed by atoms with Gasteiger partial charge in [-0.15, -0.1) is 0 Å². The first kappa shape index (κ1) is 19.5. The lowest BCUT2D eigenvalue weighted by Gasteiger charge is -2.16. The fourth-order valence-electron chi connectivity index (χ4n) is 2.06. The van der Waals surface area contributed by atoms with Crippen LogP contribution in [-0.4, -0.2) is 25.0 Å². The lowest BCUT2D eigenvalue weighted by atomic mass is 10.1. The van der Waals surface area contributed by atoms with Gasteiger partial charge in [0.25, 0.3) is 0 Å². The lowest BCUT2D eigenvalue weighted by Crippen LogP contribution is -2.42. The number of methoxy groups -OCH3 is 1. The number of nitriles is 1. The van der Waals surface area contributed by atoms with Crippen LogP contribution in [-0.2, 0) is 26.9 Å². The van der Waals surface area contributed by atoms with Gasteiger partial charge in [0.1, 0.15) is 6.04 Å². The van der Waals surface area contributed by atoms with E-state index in [0.717, 1.165) is 12.1 Å². The molecule has 0 bridgehead atoms. The molecular formula is C16H17F3N2O3. The van der Waals surface area contributed by atoms with Gasteiger partial charge < -0.3 is 10.1 Å². The van der Waals surface area contributed by atoms with Crippen molar-refractivity contribution in [3.8, 4) is 6.07 Å². The standard InChI is InChI=1S/C16H17F3N2O3/c1-24-15(23)13(7-2-3-8-20)21-14(22)10-11-5-4-6-12(9-11)16(17,18)19/h4-6,9,13H,2-3,7,10H2,1H3,(H,21,22)/t13-/m0/s1. The molecule has 0 aliphatic carbocycles. The monoisotopic (exact) mass is 342 g/mol. The van der Waals surface area contributed by atoms with Gasteiger partial charge in [-0.1, -0.05) is 18.2 Å². The van der Waals surface area contributed by atoms with Crippen LogP contribution in [0.25, 0.3) is 0 Å². The Balaban J connectivity index is 2.72. The van der Waals surface area contributed by atoms with Crippen LogP contribution in [0.1, 0.15) is 30.4 Å². The van der Waals surface area contributed by atoms with E-state index in [2.05, 4.69) is 10.1 Å². The second-order valence-corrected chi connectivity index (χ2v) is 5.07. The summed E-state index contributed by atoms with van der Waals surface area (Å²) in [6, 6.07) is 5.42. The second-order valence-electron chi connectivity index (χ2n) is 5.07. The van der Waals surface area contributed by atoms with Crippen LogP contribution in [0, 0.1) is 11.3 Å². The molecule has 0 aliphatic rings. The van der Waals surface area contributed by atoms with Gasteiger partial charge in [-0.05, 0) is 24.5 Å². The van der Waals surface area contributed by atoms with Crippen molar-refractivity contribution < 1.29 is 27.5 Å². The molecule has 0 heterocycles. The largest absolute Gasteiger partial charge is 0.467 e. The van der Waals surface area contributed by atoms with Crippen molar-refractivity contribution >= 4 is 11.9 Å². The Morgan fingerprint density at radius 3 is 2.67 bits per heavy atom. The van der Waals surface area contributed by atoms with E-state index in [4.69, 9.17) is 5.26 Å². The number of halogens is 3. The molecule has 8 heteroatoms. The Morgan fingerprint density at radius 2 is 2.08 bits per heavy atom. The van der Waals surface area contributed by atoms with E-state index in [0.29, 0.717) is 6.42 Å². The smallest absolute Gasteiger partial charge is 0.416 e. The maximum Gasteiger partial charge on any atom is 0.416 e. The Labute approximate surface area is 137 Å². The minimum Gasteiger partial charge on any atom is -0.467 e. The van der Waals surface area contributed by atoms with Crippen molar-refractivity contribution in [3.63, 3.8) is 0 Å². The van der Waals surface area contributed by atoms with E-state index >= 15 is 0 Å². The average Bonchev–Trinajstić information content (AvgIpc) is 2.52. The number of carbonyl (C=O) groups is 2. The Bertz CT molecular complexity index is 624. The highest BCUT2D eigenvalue weighted by molar-refractivity contribution is 5.85. The number of hydrogen-bond acceptors (Lipinski definition) is 4. The van der Waals surface area contributed by atoms with Crippen molar-refractivity contribution in [3.05, 3.63) is 35.4 Å². The van der Waals surface area contributed by atoms with E-state index in [1.807, 2.05) is 6.07 Å². The molecule has 1 atom stereocenters. The number of ether oxygens (including phenoxy) is 1. The van der Waals surface area contributed by atoms with Crippen molar-refractivity contribution in [2.75, 3.05) is 7.11 Å². The Hall–Kier alpha value is -2.56. The van der Waals surface area contributed by atoms with E-state index in [9.17, 15) is 22.8 Å². The Morgan fingerprint density at radius 1 is 1.38 bits per heavy atom. The topological polar surface area (TPSA) is 79.2 Å². The summed E-state index contributed by atoms with van der Waals surface area (Å²) in [7, 11) is 1.17. The number of benzene rings is 1. The van der Waals surface area contributed by atoms with Crippen molar-refractivity contribution in [2.24, 2.45) is 0 Å². The number of nitrogens with zero attached hydrogens (tertiary/aromatic N) is 1. The third-order valence-corrected chi connectivity index (χ3v) is 3.22. The maximum atomic E-state index is 12.7. The molecular weight excluding hydrogens is 325 g/mol. The van der Waals surface area contributed by atoms with Gasteiger partial charge in [-0.3, -0.25) is 4.79 Å². The predicted molar refractivity (Wildman–Crippen MR) is 78.6 cm³/mol. The zero-order chi connectivity index (χ0) is 18.2. The van der Waals surface area contributed by atoms with Crippen LogP contribution in [0.15, 0.2) is 24.3 Å². The summed E-state index contributed by atoms with van der Waals surface area (Å²) in [6.45, 7) is 0. The molecule has 0 radical (unpaired) electrons. The summed E-state index contributed by atoms with van der Waals surface area (Å²) in [4.78, 5) is 23.6. The van der Waals surface area contributed by atoms with Crippen LogP contribution in [0.3, 0.4) is 0 Å². The first-order chi connectivity index (χ1) is 11.3. The first-order valence-electron chi connectivity index (χ1n) is 7.18. The van der Waals surface area contributed by atoms with E-state index in [1.165, 1.54) is 19.2 Å². The molecule has 1 rings (SSSR count). The van der Waals surface area contributed by atoms with Gasteiger partial charge in [-0.25, -0.2) is 4.79 Å². The number of unbranched alkanes of at least 4 members (excludes halogenated alkanes) is 1. The quantitative estimate of drug-likeness (QED) is 0.610. The molecule has 0 aromatic heterocycles. The molecule has 5 nitrogen and oxygen atoms in total. The summed E-state index contributed by atoms with van der Waals surface area (Å²) in [5.41, 5.74) is -0.658. The molecule has 24 heavy (non-hydrogen) atoms. The molecule has 0 saturated heterocycles.